The van der Waals surface area contributed by atoms with Crippen LogP contribution in [0, 0.1) is 5.92 Å². The zero-order chi connectivity index (χ0) is 22.6. The molecule has 0 spiro atoms. The Hall–Kier alpha value is -2.86. The van der Waals surface area contributed by atoms with Crippen LogP contribution in [0.3, 0.4) is 0 Å². The van der Waals surface area contributed by atoms with Gasteiger partial charge in [-0.15, -0.1) is 0 Å². The molecule has 4 rings (SSSR count). The van der Waals surface area contributed by atoms with Gasteiger partial charge in [0, 0.05) is 19.0 Å². The Bertz CT molecular complexity index is 910. The second-order valence-electron chi connectivity index (χ2n) is 9.27. The Kier molecular flexibility index (Phi) is 6.80. The van der Waals surface area contributed by atoms with Crippen LogP contribution in [-0.4, -0.2) is 40.1 Å². The SMILES string of the molecule is C[C@@]1(O)CCN(C(=O)NCc2ccccc2)[C@@H](c2ccccc2)[C@@H]1NC(=O)C1CCCC1. The van der Waals surface area contributed by atoms with Crippen molar-refractivity contribution in [1.29, 1.82) is 0 Å². The molecule has 1 heterocycles. The van der Waals surface area contributed by atoms with Gasteiger partial charge in [0.1, 0.15) is 0 Å². The van der Waals surface area contributed by atoms with Crippen molar-refractivity contribution >= 4 is 11.9 Å². The number of carbonyl (C=O) groups excluding carboxylic acids is 2. The molecule has 1 aliphatic heterocycles. The number of amides is 3. The molecule has 0 bridgehead atoms. The minimum absolute atomic E-state index is 0.00972. The molecule has 1 saturated heterocycles. The van der Waals surface area contributed by atoms with Gasteiger partial charge in [-0.1, -0.05) is 73.5 Å². The lowest BCUT2D eigenvalue weighted by molar-refractivity contribution is -0.131. The van der Waals surface area contributed by atoms with Crippen molar-refractivity contribution in [3.8, 4) is 0 Å². The van der Waals surface area contributed by atoms with Crippen molar-refractivity contribution in [2.24, 2.45) is 5.92 Å². The highest BCUT2D eigenvalue weighted by atomic mass is 16.3. The molecule has 3 N–H and O–H groups in total. The van der Waals surface area contributed by atoms with Gasteiger partial charge in [-0.3, -0.25) is 4.79 Å². The maximum atomic E-state index is 13.3. The first-order valence-corrected chi connectivity index (χ1v) is 11.6. The molecule has 3 amide bonds. The van der Waals surface area contributed by atoms with E-state index in [1.165, 1.54) is 0 Å². The van der Waals surface area contributed by atoms with Gasteiger partial charge in [0.15, 0.2) is 0 Å². The monoisotopic (exact) mass is 435 g/mol. The van der Waals surface area contributed by atoms with Crippen molar-refractivity contribution in [2.75, 3.05) is 6.54 Å². The summed E-state index contributed by atoms with van der Waals surface area (Å²) in [7, 11) is 0. The molecule has 0 unspecified atom stereocenters. The topological polar surface area (TPSA) is 81.7 Å². The molecular formula is C26H33N3O3. The summed E-state index contributed by atoms with van der Waals surface area (Å²) >= 11 is 0. The van der Waals surface area contributed by atoms with Gasteiger partial charge in [-0.05, 0) is 37.3 Å². The second kappa shape index (κ2) is 9.74. The maximum absolute atomic E-state index is 13.3. The Labute approximate surface area is 190 Å². The molecule has 1 saturated carbocycles. The minimum atomic E-state index is -1.12. The summed E-state index contributed by atoms with van der Waals surface area (Å²) < 4.78 is 0. The van der Waals surface area contributed by atoms with Gasteiger partial charge >= 0.3 is 6.03 Å². The average Bonchev–Trinajstić information content (AvgIpc) is 3.35. The maximum Gasteiger partial charge on any atom is 0.318 e. The number of hydrogen-bond donors (Lipinski definition) is 3. The number of rotatable bonds is 5. The number of likely N-dealkylation sites (tertiary alicyclic amines) is 1. The fraction of sp³-hybridized carbons (Fsp3) is 0.462. The lowest BCUT2D eigenvalue weighted by Gasteiger charge is -2.49. The van der Waals surface area contributed by atoms with Crippen LogP contribution < -0.4 is 10.6 Å². The van der Waals surface area contributed by atoms with Crippen LogP contribution in [0.4, 0.5) is 4.79 Å². The van der Waals surface area contributed by atoms with Crippen LogP contribution in [0.2, 0.25) is 0 Å². The van der Waals surface area contributed by atoms with Gasteiger partial charge < -0.3 is 20.6 Å². The summed E-state index contributed by atoms with van der Waals surface area (Å²) in [5.74, 6) is -0.0234. The lowest BCUT2D eigenvalue weighted by Crippen LogP contribution is -2.64. The normalized spacial score (nSPS) is 26.0. The first-order valence-electron chi connectivity index (χ1n) is 11.6. The van der Waals surface area contributed by atoms with E-state index in [0.29, 0.717) is 19.5 Å². The summed E-state index contributed by atoms with van der Waals surface area (Å²) in [5.41, 5.74) is 0.802. The molecule has 3 atom stereocenters. The lowest BCUT2D eigenvalue weighted by atomic mass is 9.79. The third-order valence-electron chi connectivity index (χ3n) is 6.89. The first-order chi connectivity index (χ1) is 15.5. The predicted molar refractivity (Wildman–Crippen MR) is 124 cm³/mol. The number of aliphatic hydroxyl groups is 1. The number of hydrogen-bond acceptors (Lipinski definition) is 3. The number of piperidine rings is 1. The highest BCUT2D eigenvalue weighted by Crippen LogP contribution is 2.38. The van der Waals surface area contributed by atoms with Crippen LogP contribution in [0.5, 0.6) is 0 Å². The number of benzene rings is 2. The van der Waals surface area contributed by atoms with E-state index in [2.05, 4.69) is 10.6 Å². The van der Waals surface area contributed by atoms with E-state index in [4.69, 9.17) is 0 Å². The minimum Gasteiger partial charge on any atom is -0.388 e. The van der Waals surface area contributed by atoms with Crippen molar-refractivity contribution in [3.63, 3.8) is 0 Å². The molecule has 2 fully saturated rings. The van der Waals surface area contributed by atoms with E-state index in [1.807, 2.05) is 60.7 Å². The summed E-state index contributed by atoms with van der Waals surface area (Å²) in [6.45, 7) is 2.60. The fourth-order valence-electron chi connectivity index (χ4n) is 4.98. The van der Waals surface area contributed by atoms with Crippen LogP contribution in [0.1, 0.15) is 56.2 Å². The van der Waals surface area contributed by atoms with Crippen LogP contribution >= 0.6 is 0 Å². The number of urea groups is 1. The predicted octanol–water partition coefficient (Wildman–Crippen LogP) is 3.77. The Morgan fingerprint density at radius 1 is 1.03 bits per heavy atom. The highest BCUT2D eigenvalue weighted by Gasteiger charge is 2.48. The van der Waals surface area contributed by atoms with Crippen LogP contribution in [0.15, 0.2) is 60.7 Å². The van der Waals surface area contributed by atoms with E-state index in [0.717, 1.165) is 36.8 Å². The molecule has 6 heteroatoms. The molecule has 32 heavy (non-hydrogen) atoms. The molecule has 2 aromatic rings. The third kappa shape index (κ3) is 4.96. The highest BCUT2D eigenvalue weighted by molar-refractivity contribution is 5.80. The van der Waals surface area contributed by atoms with Crippen molar-refractivity contribution in [3.05, 3.63) is 71.8 Å². The van der Waals surface area contributed by atoms with Gasteiger partial charge in [0.05, 0.1) is 17.7 Å². The molecule has 0 aromatic heterocycles. The van der Waals surface area contributed by atoms with E-state index in [9.17, 15) is 14.7 Å². The average molecular weight is 436 g/mol. The second-order valence-corrected chi connectivity index (χ2v) is 9.27. The Morgan fingerprint density at radius 3 is 2.31 bits per heavy atom. The number of nitrogens with one attached hydrogen (secondary N) is 2. The number of carbonyl (C=O) groups is 2. The summed E-state index contributed by atoms with van der Waals surface area (Å²) in [4.78, 5) is 28.1. The summed E-state index contributed by atoms with van der Waals surface area (Å²) in [6, 6.07) is 18.2. The molecule has 0 radical (unpaired) electrons. The van der Waals surface area contributed by atoms with E-state index < -0.39 is 17.7 Å². The summed E-state index contributed by atoms with van der Waals surface area (Å²) in [6.07, 6.45) is 4.30. The van der Waals surface area contributed by atoms with E-state index >= 15 is 0 Å². The molecular weight excluding hydrogens is 402 g/mol. The van der Waals surface area contributed by atoms with Gasteiger partial charge in [0.25, 0.3) is 0 Å². The molecule has 1 aliphatic carbocycles. The van der Waals surface area contributed by atoms with E-state index in [-0.39, 0.29) is 17.9 Å². The van der Waals surface area contributed by atoms with Crippen LogP contribution in [0.25, 0.3) is 0 Å². The Morgan fingerprint density at radius 2 is 1.66 bits per heavy atom. The van der Waals surface area contributed by atoms with Crippen molar-refractivity contribution < 1.29 is 14.7 Å². The van der Waals surface area contributed by atoms with Gasteiger partial charge in [-0.25, -0.2) is 4.79 Å². The quantitative estimate of drug-likeness (QED) is 0.669. The standard InChI is InChI=1S/C26H33N3O3/c1-26(32)16-17-29(25(31)27-18-19-10-4-2-5-11-19)22(20-12-6-3-7-13-20)23(26)28-24(30)21-14-8-9-15-21/h2-7,10-13,21-23,32H,8-9,14-18H2,1H3,(H,27,31)(H,28,30)/t22-,23-,26+/m0/s1. The molecule has 170 valence electrons. The molecule has 6 nitrogen and oxygen atoms in total. The van der Waals surface area contributed by atoms with Gasteiger partial charge in [0.2, 0.25) is 5.91 Å². The zero-order valence-electron chi connectivity index (χ0n) is 18.7. The largest absolute Gasteiger partial charge is 0.388 e. The van der Waals surface area contributed by atoms with E-state index in [1.54, 1.807) is 11.8 Å². The van der Waals surface area contributed by atoms with Crippen molar-refractivity contribution in [2.45, 2.75) is 63.3 Å². The smallest absolute Gasteiger partial charge is 0.318 e. The summed E-state index contributed by atoms with van der Waals surface area (Å²) in [5, 5.41) is 17.5. The van der Waals surface area contributed by atoms with Crippen molar-refractivity contribution in [1.82, 2.24) is 15.5 Å². The van der Waals surface area contributed by atoms with Crippen LogP contribution in [-0.2, 0) is 11.3 Å². The zero-order valence-corrected chi connectivity index (χ0v) is 18.7. The molecule has 2 aromatic carbocycles. The third-order valence-corrected chi connectivity index (χ3v) is 6.89. The fourth-order valence-corrected chi connectivity index (χ4v) is 4.98. The molecule has 2 aliphatic rings. The first kappa shape index (κ1) is 22.3. The van der Waals surface area contributed by atoms with Gasteiger partial charge in [-0.2, -0.15) is 0 Å². The number of nitrogens with zero attached hydrogens (tertiary/aromatic N) is 1. The Balaban J connectivity index is 1.58.